The van der Waals surface area contributed by atoms with Crippen molar-refractivity contribution in [2.24, 2.45) is 0 Å². The molecule has 152 valence electrons. The quantitative estimate of drug-likeness (QED) is 0.502. The van der Waals surface area contributed by atoms with Crippen LogP contribution < -0.4 is 9.47 Å². The summed E-state index contributed by atoms with van der Waals surface area (Å²) in [6.45, 7) is 2.81. The molecule has 0 radical (unpaired) electrons. The molecule has 1 aromatic heterocycles. The third kappa shape index (κ3) is 5.92. The van der Waals surface area contributed by atoms with Crippen molar-refractivity contribution in [2.45, 2.75) is 13.5 Å². The van der Waals surface area contributed by atoms with Gasteiger partial charge >= 0.3 is 0 Å². The van der Waals surface area contributed by atoms with Gasteiger partial charge in [0.05, 0.1) is 12.2 Å². The molecule has 0 saturated carbocycles. The monoisotopic (exact) mass is 434 g/mol. The molecule has 0 bridgehead atoms. The summed E-state index contributed by atoms with van der Waals surface area (Å²) in [4.78, 5) is 19.3. The number of rotatable bonds is 8. The van der Waals surface area contributed by atoms with Crippen LogP contribution in [0.4, 0.5) is 4.39 Å². The predicted molar refractivity (Wildman–Crippen MR) is 111 cm³/mol. The molecule has 8 heteroatoms. The van der Waals surface area contributed by atoms with Gasteiger partial charge in [-0.15, -0.1) is 11.3 Å². The standard InChI is InChI=1S/C21H20ClFN2O3S/c1-14-20(29-19(24-14)13-28-18-9-5-16(23)6-10-18)21(26)25(2)11-12-27-17-7-3-15(22)4-8-17/h3-10H,11-13H2,1-2H3. The number of aromatic nitrogens is 1. The van der Waals surface area contributed by atoms with Crippen molar-refractivity contribution in [1.82, 2.24) is 9.88 Å². The average Bonchev–Trinajstić information content (AvgIpc) is 3.09. The maximum Gasteiger partial charge on any atom is 0.265 e. The summed E-state index contributed by atoms with van der Waals surface area (Å²) in [6.07, 6.45) is 0. The lowest BCUT2D eigenvalue weighted by Crippen LogP contribution is -2.30. The van der Waals surface area contributed by atoms with Crippen LogP contribution >= 0.6 is 22.9 Å². The summed E-state index contributed by atoms with van der Waals surface area (Å²) in [6, 6.07) is 12.8. The number of likely N-dealkylation sites (N-methyl/N-ethyl adjacent to an activating group) is 1. The minimum atomic E-state index is -0.321. The lowest BCUT2D eigenvalue weighted by molar-refractivity contribution is 0.0777. The number of benzene rings is 2. The van der Waals surface area contributed by atoms with Crippen molar-refractivity contribution in [1.29, 1.82) is 0 Å². The van der Waals surface area contributed by atoms with Gasteiger partial charge in [0.1, 0.15) is 40.4 Å². The number of hydrogen-bond donors (Lipinski definition) is 0. The van der Waals surface area contributed by atoms with Crippen molar-refractivity contribution in [2.75, 3.05) is 20.2 Å². The molecule has 5 nitrogen and oxygen atoms in total. The second-order valence-corrected chi connectivity index (χ2v) is 7.81. The van der Waals surface area contributed by atoms with Crippen molar-refractivity contribution in [3.63, 3.8) is 0 Å². The summed E-state index contributed by atoms with van der Waals surface area (Å²) in [5, 5.41) is 1.32. The van der Waals surface area contributed by atoms with Crippen LogP contribution in [0.5, 0.6) is 11.5 Å². The molecule has 0 fully saturated rings. The second kappa shape index (κ2) is 9.71. The number of halogens is 2. The normalized spacial score (nSPS) is 10.6. The second-order valence-electron chi connectivity index (χ2n) is 6.29. The van der Waals surface area contributed by atoms with E-state index in [0.717, 1.165) is 0 Å². The van der Waals surface area contributed by atoms with Gasteiger partial charge in [-0.3, -0.25) is 4.79 Å². The van der Waals surface area contributed by atoms with E-state index in [-0.39, 0.29) is 18.3 Å². The molecular formula is C21H20ClFN2O3S. The maximum absolute atomic E-state index is 12.9. The van der Waals surface area contributed by atoms with Gasteiger partial charge in [-0.05, 0) is 55.5 Å². The van der Waals surface area contributed by atoms with Gasteiger partial charge in [0.15, 0.2) is 0 Å². The molecule has 0 spiro atoms. The minimum Gasteiger partial charge on any atom is -0.492 e. The summed E-state index contributed by atoms with van der Waals surface area (Å²) >= 11 is 7.14. The molecule has 0 aliphatic rings. The first-order valence-corrected chi connectivity index (χ1v) is 10.1. The number of carbonyl (C=O) groups excluding carboxylic acids is 1. The molecular weight excluding hydrogens is 415 g/mol. The molecule has 2 aromatic carbocycles. The number of ether oxygens (including phenoxy) is 2. The Balaban J connectivity index is 1.52. The van der Waals surface area contributed by atoms with Gasteiger partial charge in [-0.25, -0.2) is 9.37 Å². The summed E-state index contributed by atoms with van der Waals surface area (Å²) in [7, 11) is 1.72. The van der Waals surface area contributed by atoms with E-state index in [9.17, 15) is 9.18 Å². The predicted octanol–water partition coefficient (Wildman–Crippen LogP) is 4.97. The van der Waals surface area contributed by atoms with E-state index in [0.29, 0.717) is 45.3 Å². The van der Waals surface area contributed by atoms with E-state index < -0.39 is 0 Å². The molecule has 0 aliphatic heterocycles. The van der Waals surface area contributed by atoms with Crippen LogP contribution in [0.15, 0.2) is 48.5 Å². The van der Waals surface area contributed by atoms with E-state index in [2.05, 4.69) is 4.98 Å². The Morgan fingerprint density at radius 1 is 1.10 bits per heavy atom. The lowest BCUT2D eigenvalue weighted by Gasteiger charge is -2.17. The van der Waals surface area contributed by atoms with Crippen molar-refractivity contribution >= 4 is 28.8 Å². The highest BCUT2D eigenvalue weighted by molar-refractivity contribution is 7.13. The first kappa shape index (κ1) is 21.1. The van der Waals surface area contributed by atoms with E-state index in [1.807, 2.05) is 0 Å². The van der Waals surface area contributed by atoms with Crippen LogP contribution in [-0.2, 0) is 6.61 Å². The van der Waals surface area contributed by atoms with E-state index in [1.165, 1.54) is 23.5 Å². The molecule has 0 unspecified atom stereocenters. The molecule has 1 heterocycles. The highest BCUT2D eigenvalue weighted by atomic mass is 35.5. The maximum atomic E-state index is 12.9. The minimum absolute atomic E-state index is 0.118. The number of thiazole rings is 1. The Hall–Kier alpha value is -2.64. The number of nitrogens with zero attached hydrogens (tertiary/aromatic N) is 2. The molecule has 0 saturated heterocycles. The molecule has 3 aromatic rings. The number of carbonyl (C=O) groups is 1. The molecule has 0 aliphatic carbocycles. The largest absolute Gasteiger partial charge is 0.492 e. The average molecular weight is 435 g/mol. The molecule has 29 heavy (non-hydrogen) atoms. The zero-order valence-electron chi connectivity index (χ0n) is 16.0. The third-order valence-corrected chi connectivity index (χ3v) is 5.44. The highest BCUT2D eigenvalue weighted by Crippen LogP contribution is 2.22. The van der Waals surface area contributed by atoms with Gasteiger partial charge in [0, 0.05) is 12.1 Å². The van der Waals surface area contributed by atoms with E-state index >= 15 is 0 Å². The molecule has 1 amide bonds. The zero-order chi connectivity index (χ0) is 20.8. The Labute approximate surface area is 177 Å². The fourth-order valence-electron chi connectivity index (χ4n) is 2.49. The summed E-state index contributed by atoms with van der Waals surface area (Å²) in [5.41, 5.74) is 0.656. The number of hydrogen-bond acceptors (Lipinski definition) is 5. The van der Waals surface area contributed by atoms with Crippen LogP contribution in [-0.4, -0.2) is 36.0 Å². The molecule has 0 atom stereocenters. The Bertz CT molecular complexity index is 961. The van der Waals surface area contributed by atoms with Crippen LogP contribution in [0.3, 0.4) is 0 Å². The van der Waals surface area contributed by atoms with Gasteiger partial charge < -0.3 is 14.4 Å². The Morgan fingerprint density at radius 3 is 2.41 bits per heavy atom. The van der Waals surface area contributed by atoms with Crippen LogP contribution in [0.2, 0.25) is 5.02 Å². The third-order valence-electron chi connectivity index (χ3n) is 4.07. The van der Waals surface area contributed by atoms with E-state index in [1.54, 1.807) is 55.3 Å². The number of aryl methyl sites for hydroxylation is 1. The Morgan fingerprint density at radius 2 is 1.72 bits per heavy atom. The van der Waals surface area contributed by atoms with Crippen molar-refractivity contribution in [3.05, 3.63) is 74.9 Å². The first-order valence-electron chi connectivity index (χ1n) is 8.91. The zero-order valence-corrected chi connectivity index (χ0v) is 17.6. The highest BCUT2D eigenvalue weighted by Gasteiger charge is 2.19. The van der Waals surface area contributed by atoms with Crippen molar-refractivity contribution in [3.8, 4) is 11.5 Å². The van der Waals surface area contributed by atoms with Crippen LogP contribution in [0.25, 0.3) is 0 Å². The van der Waals surface area contributed by atoms with Gasteiger partial charge in [0.2, 0.25) is 0 Å². The SMILES string of the molecule is Cc1nc(COc2ccc(F)cc2)sc1C(=O)N(C)CCOc1ccc(Cl)cc1. The van der Waals surface area contributed by atoms with E-state index in [4.69, 9.17) is 21.1 Å². The topological polar surface area (TPSA) is 51.7 Å². The van der Waals surface area contributed by atoms with Crippen LogP contribution in [0.1, 0.15) is 20.4 Å². The molecule has 3 rings (SSSR count). The summed E-state index contributed by atoms with van der Waals surface area (Å²) < 4.78 is 24.2. The molecule has 0 N–H and O–H groups in total. The fraction of sp³-hybridized carbons (Fsp3) is 0.238. The first-order chi connectivity index (χ1) is 13.9. The summed E-state index contributed by atoms with van der Waals surface area (Å²) in [5.74, 6) is 0.805. The fourth-order valence-corrected chi connectivity index (χ4v) is 3.59. The van der Waals surface area contributed by atoms with Crippen molar-refractivity contribution < 1.29 is 18.7 Å². The number of amides is 1. The Kier molecular flexibility index (Phi) is 7.06. The van der Waals surface area contributed by atoms with Gasteiger partial charge in [-0.1, -0.05) is 11.6 Å². The van der Waals surface area contributed by atoms with Gasteiger partial charge in [-0.2, -0.15) is 0 Å². The lowest BCUT2D eigenvalue weighted by atomic mass is 10.3. The smallest absolute Gasteiger partial charge is 0.265 e. The van der Waals surface area contributed by atoms with Gasteiger partial charge in [0.25, 0.3) is 5.91 Å². The van der Waals surface area contributed by atoms with Crippen LogP contribution in [0, 0.1) is 12.7 Å².